The highest BCUT2D eigenvalue weighted by molar-refractivity contribution is 6.30. The lowest BCUT2D eigenvalue weighted by molar-refractivity contribution is -0.138. The van der Waals surface area contributed by atoms with Crippen LogP contribution in [-0.2, 0) is 11.2 Å². The first-order valence-corrected chi connectivity index (χ1v) is 12.1. The summed E-state index contributed by atoms with van der Waals surface area (Å²) in [7, 11) is 0. The van der Waals surface area contributed by atoms with Crippen molar-refractivity contribution in [2.24, 2.45) is 0 Å². The average molecular weight is 512 g/mol. The van der Waals surface area contributed by atoms with Crippen molar-refractivity contribution in [3.8, 4) is 0 Å². The molecule has 0 bridgehead atoms. The number of carbonyl (C=O) groups is 1. The smallest absolute Gasteiger partial charge is 0.387 e. The number of fused-ring (bicyclic) bond motifs is 1. The lowest BCUT2D eigenvalue weighted by Crippen LogP contribution is -2.55. The summed E-state index contributed by atoms with van der Waals surface area (Å²) in [4.78, 5) is 25.9. The van der Waals surface area contributed by atoms with E-state index >= 15 is 0 Å². The Morgan fingerprint density at radius 1 is 1.23 bits per heavy atom. The van der Waals surface area contributed by atoms with Crippen molar-refractivity contribution < 1.29 is 23.1 Å². The van der Waals surface area contributed by atoms with Gasteiger partial charge in [0.15, 0.2) is 0 Å². The van der Waals surface area contributed by atoms with Gasteiger partial charge in [0, 0.05) is 43.9 Å². The molecule has 3 atom stereocenters. The molecule has 1 aliphatic heterocycles. The zero-order valence-electron chi connectivity index (χ0n) is 19.4. The molecule has 1 aromatic heterocycles. The third-order valence-electron chi connectivity index (χ3n) is 6.58. The van der Waals surface area contributed by atoms with Crippen LogP contribution in [0.2, 0.25) is 5.02 Å². The van der Waals surface area contributed by atoms with E-state index in [1.807, 2.05) is 11.8 Å². The minimum Gasteiger partial charge on any atom is -0.387 e. The second kappa shape index (κ2) is 10.7. The van der Waals surface area contributed by atoms with Crippen LogP contribution >= 0.6 is 11.6 Å². The molecule has 190 valence electrons. The van der Waals surface area contributed by atoms with E-state index in [1.54, 1.807) is 35.4 Å². The monoisotopic (exact) mass is 511 g/mol. The first-order valence-electron chi connectivity index (χ1n) is 11.7. The van der Waals surface area contributed by atoms with Gasteiger partial charge >= 0.3 is 6.18 Å². The van der Waals surface area contributed by atoms with Crippen LogP contribution < -0.4 is 10.2 Å². The fourth-order valence-corrected chi connectivity index (χ4v) is 4.73. The van der Waals surface area contributed by atoms with E-state index in [2.05, 4.69) is 15.3 Å². The maximum atomic E-state index is 13.3. The number of nitrogens with one attached hydrogen (secondary N) is 1. The molecule has 1 amide bonds. The first kappa shape index (κ1) is 25.7. The van der Waals surface area contributed by atoms with Gasteiger partial charge in [0.2, 0.25) is 11.9 Å². The van der Waals surface area contributed by atoms with Crippen LogP contribution in [0.3, 0.4) is 0 Å². The molecule has 35 heavy (non-hydrogen) atoms. The standard InChI is InChI=1S/C24H29ClF3N5O2/c1-15-12-20(34)21-18(15)14-30-23(31-21)33-10-8-32(9-11-33)22(35)19(29-7-6-24(26,27)28)13-16-2-4-17(25)5-3-16/h2-5,14-15,19-20,29,34H,6-13H2,1H3/t15-,19-,20-/m1/s1. The Kier molecular flexibility index (Phi) is 7.83. The number of benzene rings is 1. The Balaban J connectivity index is 1.39. The number of amides is 1. The number of aliphatic hydroxyl groups excluding tert-OH is 1. The van der Waals surface area contributed by atoms with E-state index in [0.717, 1.165) is 11.1 Å². The van der Waals surface area contributed by atoms with E-state index in [9.17, 15) is 23.1 Å². The van der Waals surface area contributed by atoms with Gasteiger partial charge < -0.3 is 20.2 Å². The Morgan fingerprint density at radius 3 is 2.57 bits per heavy atom. The molecule has 2 aliphatic rings. The second-order valence-electron chi connectivity index (χ2n) is 9.18. The number of aromatic nitrogens is 2. The highest BCUT2D eigenvalue weighted by atomic mass is 35.5. The maximum Gasteiger partial charge on any atom is 0.390 e. The van der Waals surface area contributed by atoms with Gasteiger partial charge in [0.25, 0.3) is 0 Å². The highest BCUT2D eigenvalue weighted by Gasteiger charge is 2.33. The Bertz CT molecular complexity index is 1030. The van der Waals surface area contributed by atoms with Gasteiger partial charge in [-0.3, -0.25) is 4.79 Å². The van der Waals surface area contributed by atoms with Crippen molar-refractivity contribution >= 4 is 23.5 Å². The number of piperazine rings is 1. The topological polar surface area (TPSA) is 81.6 Å². The van der Waals surface area contributed by atoms with Gasteiger partial charge in [-0.15, -0.1) is 0 Å². The largest absolute Gasteiger partial charge is 0.390 e. The van der Waals surface area contributed by atoms with E-state index in [1.165, 1.54) is 0 Å². The summed E-state index contributed by atoms with van der Waals surface area (Å²) in [6.45, 7) is 3.48. The number of alkyl halides is 3. The molecule has 0 spiro atoms. The van der Waals surface area contributed by atoms with Crippen molar-refractivity contribution in [2.45, 2.75) is 50.4 Å². The predicted octanol–water partition coefficient (Wildman–Crippen LogP) is 3.47. The molecule has 0 radical (unpaired) electrons. The molecule has 1 fully saturated rings. The molecular formula is C24H29ClF3N5O2. The van der Waals surface area contributed by atoms with Gasteiger partial charge in [-0.1, -0.05) is 30.7 Å². The third kappa shape index (κ3) is 6.42. The van der Waals surface area contributed by atoms with Crippen LogP contribution in [-0.4, -0.2) is 70.8 Å². The molecular weight excluding hydrogens is 483 g/mol. The molecule has 1 saturated heterocycles. The van der Waals surface area contributed by atoms with Crippen molar-refractivity contribution in [2.75, 3.05) is 37.6 Å². The Hall–Kier alpha value is -2.43. The van der Waals surface area contributed by atoms with Crippen LogP contribution in [0, 0.1) is 0 Å². The summed E-state index contributed by atoms with van der Waals surface area (Å²) in [6, 6.07) is 6.15. The van der Waals surface area contributed by atoms with Crippen LogP contribution in [0.1, 0.15) is 48.6 Å². The molecule has 11 heteroatoms. The molecule has 0 unspecified atom stereocenters. The molecule has 0 saturated carbocycles. The number of hydrogen-bond acceptors (Lipinski definition) is 6. The number of anilines is 1. The maximum absolute atomic E-state index is 13.3. The van der Waals surface area contributed by atoms with E-state index in [0.29, 0.717) is 49.3 Å². The van der Waals surface area contributed by atoms with Crippen molar-refractivity contribution in [1.82, 2.24) is 20.2 Å². The summed E-state index contributed by atoms with van der Waals surface area (Å²) < 4.78 is 38.0. The van der Waals surface area contributed by atoms with Gasteiger partial charge in [-0.2, -0.15) is 13.2 Å². The van der Waals surface area contributed by atoms with Gasteiger partial charge in [-0.05, 0) is 42.0 Å². The summed E-state index contributed by atoms with van der Waals surface area (Å²) >= 11 is 5.93. The lowest BCUT2D eigenvalue weighted by Gasteiger charge is -2.36. The van der Waals surface area contributed by atoms with Crippen LogP contribution in [0.15, 0.2) is 30.5 Å². The zero-order chi connectivity index (χ0) is 25.2. The van der Waals surface area contributed by atoms with Crippen LogP contribution in [0.25, 0.3) is 0 Å². The molecule has 4 rings (SSSR count). The first-order chi connectivity index (χ1) is 16.6. The number of aliphatic hydroxyl groups is 1. The molecule has 1 aliphatic carbocycles. The molecule has 2 heterocycles. The minimum atomic E-state index is -4.30. The van der Waals surface area contributed by atoms with Gasteiger partial charge in [0.05, 0.1) is 24.3 Å². The quantitative estimate of drug-likeness (QED) is 0.592. The fourth-order valence-electron chi connectivity index (χ4n) is 4.61. The third-order valence-corrected chi connectivity index (χ3v) is 6.84. The number of rotatable bonds is 7. The summed E-state index contributed by atoms with van der Waals surface area (Å²) in [5.74, 6) is 0.497. The normalized spacial score (nSPS) is 21.2. The lowest BCUT2D eigenvalue weighted by atomic mass is 10.0. The Labute approximate surface area is 207 Å². The van der Waals surface area contributed by atoms with Crippen molar-refractivity contribution in [3.63, 3.8) is 0 Å². The second-order valence-corrected chi connectivity index (χ2v) is 9.61. The van der Waals surface area contributed by atoms with Crippen molar-refractivity contribution in [1.29, 1.82) is 0 Å². The Morgan fingerprint density at radius 2 is 1.91 bits per heavy atom. The van der Waals surface area contributed by atoms with Crippen LogP contribution in [0.5, 0.6) is 0 Å². The summed E-state index contributed by atoms with van der Waals surface area (Å²) in [5.41, 5.74) is 2.44. The molecule has 7 nitrogen and oxygen atoms in total. The molecule has 2 aromatic rings. The van der Waals surface area contributed by atoms with E-state index in [4.69, 9.17) is 11.6 Å². The number of halogens is 4. The van der Waals surface area contributed by atoms with Gasteiger partial charge in [-0.25, -0.2) is 9.97 Å². The summed E-state index contributed by atoms with van der Waals surface area (Å²) in [5, 5.41) is 13.6. The molecule has 2 N–H and O–H groups in total. The fraction of sp³-hybridized carbons (Fsp3) is 0.542. The number of nitrogens with zero attached hydrogens (tertiary/aromatic N) is 4. The highest BCUT2D eigenvalue weighted by Crippen LogP contribution is 2.38. The van der Waals surface area contributed by atoms with E-state index in [-0.39, 0.29) is 24.8 Å². The number of hydrogen-bond donors (Lipinski definition) is 2. The minimum absolute atomic E-state index is 0.214. The summed E-state index contributed by atoms with van der Waals surface area (Å²) in [6.07, 6.45) is -3.24. The van der Waals surface area contributed by atoms with E-state index < -0.39 is 24.7 Å². The molecule has 1 aromatic carbocycles. The average Bonchev–Trinajstić information content (AvgIpc) is 3.11. The van der Waals surface area contributed by atoms with Crippen molar-refractivity contribution in [3.05, 3.63) is 52.3 Å². The predicted molar refractivity (Wildman–Crippen MR) is 126 cm³/mol. The van der Waals surface area contributed by atoms with Gasteiger partial charge in [0.1, 0.15) is 0 Å². The SMILES string of the molecule is C[C@@H]1C[C@@H](O)c2nc(N3CCN(C(=O)[C@@H](Cc4ccc(Cl)cc4)NCCC(F)(F)F)CC3)ncc21. The zero-order valence-corrected chi connectivity index (χ0v) is 20.2. The van der Waals surface area contributed by atoms with Crippen LogP contribution in [0.4, 0.5) is 19.1 Å². The number of carbonyl (C=O) groups excluding carboxylic acids is 1.